The fourth-order valence-electron chi connectivity index (χ4n) is 3.14. The van der Waals surface area contributed by atoms with E-state index >= 15 is 0 Å². The minimum absolute atomic E-state index is 0.0793. The Bertz CT molecular complexity index is 802. The zero-order valence-electron chi connectivity index (χ0n) is 14.9. The summed E-state index contributed by atoms with van der Waals surface area (Å²) in [6, 6.07) is 16.0. The molecule has 1 heterocycles. The lowest BCUT2D eigenvalue weighted by Crippen LogP contribution is -2.28. The third-order valence-electron chi connectivity index (χ3n) is 4.79. The summed E-state index contributed by atoms with van der Waals surface area (Å²) in [6.45, 7) is 3.41. The highest BCUT2D eigenvalue weighted by Gasteiger charge is 2.33. The number of carboxylic acids is 1. The van der Waals surface area contributed by atoms with E-state index in [1.165, 1.54) is 5.56 Å². The van der Waals surface area contributed by atoms with Gasteiger partial charge in [-0.05, 0) is 42.2 Å². The maximum Gasteiger partial charge on any atom is 0.308 e. The number of nitrogens with zero attached hydrogens (tertiary/aromatic N) is 1. The van der Waals surface area contributed by atoms with E-state index in [4.69, 9.17) is 9.84 Å². The third kappa shape index (κ3) is 4.42. The number of carbonyl (C=O) groups excluding carboxylic acids is 1. The average molecular weight is 353 g/mol. The number of hydrogen-bond acceptors (Lipinski definition) is 3. The first-order chi connectivity index (χ1) is 12.5. The number of aliphatic carboxylic acids is 1. The molecule has 0 spiro atoms. The van der Waals surface area contributed by atoms with E-state index in [1.807, 2.05) is 36.4 Å². The summed E-state index contributed by atoms with van der Waals surface area (Å²) in [4.78, 5) is 24.6. The van der Waals surface area contributed by atoms with Gasteiger partial charge in [-0.3, -0.25) is 9.59 Å². The summed E-state index contributed by atoms with van der Waals surface area (Å²) in [5, 5.41) is 9.05. The Balaban J connectivity index is 1.55. The minimum Gasteiger partial charge on any atom is -0.489 e. The number of amides is 1. The van der Waals surface area contributed by atoms with Gasteiger partial charge in [0.1, 0.15) is 12.4 Å². The van der Waals surface area contributed by atoms with Crippen LogP contribution in [-0.2, 0) is 22.6 Å². The van der Waals surface area contributed by atoms with E-state index in [0.717, 1.165) is 16.9 Å². The van der Waals surface area contributed by atoms with Crippen molar-refractivity contribution >= 4 is 11.9 Å². The molecule has 5 nitrogen and oxygen atoms in total. The fourth-order valence-corrected chi connectivity index (χ4v) is 3.14. The molecule has 1 unspecified atom stereocenters. The molecule has 1 fully saturated rings. The van der Waals surface area contributed by atoms with Crippen molar-refractivity contribution in [1.82, 2.24) is 4.90 Å². The summed E-state index contributed by atoms with van der Waals surface area (Å²) in [6.07, 6.45) is 0.786. The van der Waals surface area contributed by atoms with Crippen LogP contribution in [0.25, 0.3) is 0 Å². The molecule has 1 atom stereocenters. The molecular weight excluding hydrogens is 330 g/mol. The SMILES string of the molecule is Cc1ccccc1COc1cccc(CCN2CC(C(=O)O)CC2=O)c1. The summed E-state index contributed by atoms with van der Waals surface area (Å²) in [5.74, 6) is -0.759. The van der Waals surface area contributed by atoms with Crippen LogP contribution in [0, 0.1) is 12.8 Å². The van der Waals surface area contributed by atoms with Gasteiger partial charge in [-0.1, -0.05) is 36.4 Å². The fraction of sp³-hybridized carbons (Fsp3) is 0.333. The third-order valence-corrected chi connectivity index (χ3v) is 4.79. The largest absolute Gasteiger partial charge is 0.489 e. The van der Waals surface area contributed by atoms with E-state index < -0.39 is 11.9 Å². The van der Waals surface area contributed by atoms with Crippen LogP contribution in [0.3, 0.4) is 0 Å². The molecule has 1 saturated heterocycles. The van der Waals surface area contributed by atoms with Crippen molar-refractivity contribution in [3.63, 3.8) is 0 Å². The highest BCUT2D eigenvalue weighted by Crippen LogP contribution is 2.20. The molecule has 0 aliphatic carbocycles. The Morgan fingerprint density at radius 1 is 1.23 bits per heavy atom. The second-order valence-corrected chi connectivity index (χ2v) is 6.69. The van der Waals surface area contributed by atoms with Crippen molar-refractivity contribution in [2.24, 2.45) is 5.92 Å². The topological polar surface area (TPSA) is 66.8 Å². The lowest BCUT2D eigenvalue weighted by molar-refractivity contribution is -0.141. The van der Waals surface area contributed by atoms with Gasteiger partial charge in [0.25, 0.3) is 0 Å². The van der Waals surface area contributed by atoms with E-state index in [1.54, 1.807) is 4.90 Å². The van der Waals surface area contributed by atoms with Gasteiger partial charge >= 0.3 is 5.97 Å². The molecule has 1 amide bonds. The molecule has 1 N–H and O–H groups in total. The highest BCUT2D eigenvalue weighted by molar-refractivity contribution is 5.86. The van der Waals surface area contributed by atoms with Crippen LogP contribution in [0.15, 0.2) is 48.5 Å². The molecule has 26 heavy (non-hydrogen) atoms. The summed E-state index contributed by atoms with van der Waals surface area (Å²) >= 11 is 0. The van der Waals surface area contributed by atoms with Crippen molar-refractivity contribution in [1.29, 1.82) is 0 Å². The Morgan fingerprint density at radius 2 is 2.04 bits per heavy atom. The minimum atomic E-state index is -0.896. The van der Waals surface area contributed by atoms with Gasteiger partial charge < -0.3 is 14.7 Å². The van der Waals surface area contributed by atoms with Crippen molar-refractivity contribution in [2.45, 2.75) is 26.4 Å². The van der Waals surface area contributed by atoms with E-state index in [2.05, 4.69) is 19.1 Å². The number of ether oxygens (including phenoxy) is 1. The molecular formula is C21H23NO4. The molecule has 1 aliphatic heterocycles. The molecule has 5 heteroatoms. The lowest BCUT2D eigenvalue weighted by Gasteiger charge is -2.16. The molecule has 0 aromatic heterocycles. The first-order valence-corrected chi connectivity index (χ1v) is 8.80. The van der Waals surface area contributed by atoms with Crippen molar-refractivity contribution in [2.75, 3.05) is 13.1 Å². The first-order valence-electron chi connectivity index (χ1n) is 8.80. The van der Waals surface area contributed by atoms with Gasteiger partial charge in [-0.15, -0.1) is 0 Å². The number of carbonyl (C=O) groups is 2. The van der Waals surface area contributed by atoms with Crippen LogP contribution in [0.2, 0.25) is 0 Å². The smallest absolute Gasteiger partial charge is 0.308 e. The zero-order valence-corrected chi connectivity index (χ0v) is 14.9. The summed E-state index contributed by atoms with van der Waals surface area (Å²) in [7, 11) is 0. The second kappa shape index (κ2) is 8.04. The normalized spacial score (nSPS) is 16.7. The van der Waals surface area contributed by atoms with E-state index in [-0.39, 0.29) is 12.3 Å². The van der Waals surface area contributed by atoms with Gasteiger partial charge in [0.05, 0.1) is 5.92 Å². The predicted octanol–water partition coefficient (Wildman–Crippen LogP) is 3.05. The molecule has 2 aromatic rings. The second-order valence-electron chi connectivity index (χ2n) is 6.69. The Hall–Kier alpha value is -2.82. The molecule has 1 aliphatic rings. The van der Waals surface area contributed by atoms with Gasteiger partial charge in [-0.25, -0.2) is 0 Å². The van der Waals surface area contributed by atoms with Crippen LogP contribution in [0.5, 0.6) is 5.75 Å². The Kier molecular flexibility index (Phi) is 5.56. The van der Waals surface area contributed by atoms with Crippen LogP contribution in [0.1, 0.15) is 23.1 Å². The van der Waals surface area contributed by atoms with Crippen LogP contribution >= 0.6 is 0 Å². The van der Waals surface area contributed by atoms with Crippen molar-refractivity contribution in [3.05, 3.63) is 65.2 Å². The van der Waals surface area contributed by atoms with Gasteiger partial charge in [0.15, 0.2) is 0 Å². The Labute approximate surface area is 153 Å². The first kappa shape index (κ1) is 18.0. The maximum atomic E-state index is 11.9. The van der Waals surface area contributed by atoms with Gasteiger partial charge in [-0.2, -0.15) is 0 Å². The van der Waals surface area contributed by atoms with Gasteiger partial charge in [0, 0.05) is 19.5 Å². The zero-order chi connectivity index (χ0) is 18.5. The quantitative estimate of drug-likeness (QED) is 0.831. The highest BCUT2D eigenvalue weighted by atomic mass is 16.5. The predicted molar refractivity (Wildman–Crippen MR) is 98.0 cm³/mol. The van der Waals surface area contributed by atoms with Gasteiger partial charge in [0.2, 0.25) is 5.91 Å². The number of benzene rings is 2. The van der Waals surface area contributed by atoms with Crippen LogP contribution in [0.4, 0.5) is 0 Å². The molecule has 3 rings (SSSR count). The number of likely N-dealkylation sites (tertiary alicyclic amines) is 1. The maximum absolute atomic E-state index is 11.9. The standard InChI is InChI=1S/C21H23NO4/c1-15-5-2-3-7-17(15)14-26-19-8-4-6-16(11-19)9-10-22-13-18(21(24)25)12-20(22)23/h2-8,11,18H,9-10,12-14H2,1H3,(H,24,25). The number of hydrogen-bond donors (Lipinski definition) is 1. The number of carboxylic acid groups (broad SMARTS) is 1. The van der Waals surface area contributed by atoms with E-state index in [9.17, 15) is 9.59 Å². The van der Waals surface area contributed by atoms with Crippen molar-refractivity contribution < 1.29 is 19.4 Å². The molecule has 2 aromatic carbocycles. The Morgan fingerprint density at radius 3 is 2.77 bits per heavy atom. The molecule has 0 saturated carbocycles. The number of aryl methyl sites for hydroxylation is 1. The lowest BCUT2D eigenvalue weighted by atomic mass is 10.1. The van der Waals surface area contributed by atoms with E-state index in [0.29, 0.717) is 26.1 Å². The number of rotatable bonds is 7. The summed E-state index contributed by atoms with van der Waals surface area (Å²) < 4.78 is 5.90. The molecule has 0 bridgehead atoms. The molecule has 0 radical (unpaired) electrons. The summed E-state index contributed by atoms with van der Waals surface area (Å²) in [5.41, 5.74) is 3.42. The molecule has 136 valence electrons. The van der Waals surface area contributed by atoms with Crippen LogP contribution < -0.4 is 4.74 Å². The van der Waals surface area contributed by atoms with Crippen LogP contribution in [-0.4, -0.2) is 35.0 Å². The monoisotopic (exact) mass is 353 g/mol. The van der Waals surface area contributed by atoms with Crippen molar-refractivity contribution in [3.8, 4) is 5.75 Å². The average Bonchev–Trinajstić information content (AvgIpc) is 3.01.